The smallest absolute Gasteiger partial charge is 0.347 e. The summed E-state index contributed by atoms with van der Waals surface area (Å²) >= 11 is 0. The van der Waals surface area contributed by atoms with Crippen molar-refractivity contribution >= 4 is 11.9 Å². The molecule has 1 aliphatic heterocycles. The molecule has 0 aliphatic carbocycles. The van der Waals surface area contributed by atoms with E-state index >= 15 is 0 Å². The molecule has 5 nitrogen and oxygen atoms in total. The minimum atomic E-state index is -4.38. The molecule has 20 heavy (non-hydrogen) atoms. The number of rotatable bonds is 3. The SMILES string of the molecule is O=C(NCC(F)(F)F)[C@@H]1CCCN(c2ncccn2)C1. The Labute approximate surface area is 114 Å². The number of piperidine rings is 1. The molecule has 0 spiro atoms. The van der Waals surface area contributed by atoms with E-state index < -0.39 is 24.5 Å². The molecule has 1 N–H and O–H groups in total. The predicted octanol–water partition coefficient (Wildman–Crippen LogP) is 1.37. The summed E-state index contributed by atoms with van der Waals surface area (Å²) in [6.07, 6.45) is 0.104. The maximum Gasteiger partial charge on any atom is 0.405 e. The normalized spacial score (nSPS) is 19.8. The van der Waals surface area contributed by atoms with Gasteiger partial charge in [-0.15, -0.1) is 0 Å². The number of nitrogens with zero attached hydrogens (tertiary/aromatic N) is 3. The second kappa shape index (κ2) is 6.06. The molecule has 0 unspecified atom stereocenters. The van der Waals surface area contributed by atoms with Gasteiger partial charge in [-0.05, 0) is 18.9 Å². The van der Waals surface area contributed by atoms with Crippen LogP contribution >= 0.6 is 0 Å². The summed E-state index contributed by atoms with van der Waals surface area (Å²) in [7, 11) is 0. The van der Waals surface area contributed by atoms with Gasteiger partial charge in [0.1, 0.15) is 6.54 Å². The fraction of sp³-hybridized carbons (Fsp3) is 0.583. The van der Waals surface area contributed by atoms with Gasteiger partial charge >= 0.3 is 6.18 Å². The first-order valence-corrected chi connectivity index (χ1v) is 6.32. The topological polar surface area (TPSA) is 58.1 Å². The van der Waals surface area contributed by atoms with Crippen LogP contribution in [-0.4, -0.2) is 41.7 Å². The van der Waals surface area contributed by atoms with E-state index in [1.165, 1.54) is 0 Å². The maximum atomic E-state index is 12.1. The lowest BCUT2D eigenvalue weighted by Gasteiger charge is -2.31. The highest BCUT2D eigenvalue weighted by atomic mass is 19.4. The van der Waals surface area contributed by atoms with E-state index in [0.29, 0.717) is 25.5 Å². The number of hydrogen-bond acceptors (Lipinski definition) is 4. The number of aromatic nitrogens is 2. The van der Waals surface area contributed by atoms with Crippen LogP contribution in [0.2, 0.25) is 0 Å². The van der Waals surface area contributed by atoms with Crippen molar-refractivity contribution in [1.29, 1.82) is 0 Å². The van der Waals surface area contributed by atoms with Crippen LogP contribution in [0.5, 0.6) is 0 Å². The van der Waals surface area contributed by atoms with Crippen LogP contribution in [0.15, 0.2) is 18.5 Å². The van der Waals surface area contributed by atoms with Gasteiger partial charge in [-0.3, -0.25) is 4.79 Å². The van der Waals surface area contributed by atoms with Gasteiger partial charge in [0.25, 0.3) is 0 Å². The van der Waals surface area contributed by atoms with Crippen molar-refractivity contribution < 1.29 is 18.0 Å². The Bertz CT molecular complexity index is 452. The van der Waals surface area contributed by atoms with Crippen molar-refractivity contribution in [2.75, 3.05) is 24.5 Å². The van der Waals surface area contributed by atoms with E-state index in [-0.39, 0.29) is 0 Å². The van der Waals surface area contributed by atoms with Gasteiger partial charge in [0.2, 0.25) is 11.9 Å². The van der Waals surface area contributed by atoms with Gasteiger partial charge < -0.3 is 10.2 Å². The van der Waals surface area contributed by atoms with E-state index in [9.17, 15) is 18.0 Å². The first kappa shape index (κ1) is 14.5. The molecule has 1 aromatic heterocycles. The molecule has 2 rings (SSSR count). The zero-order valence-corrected chi connectivity index (χ0v) is 10.7. The monoisotopic (exact) mass is 288 g/mol. The standard InChI is InChI=1S/C12H15F3N4O/c13-12(14,15)8-18-10(20)9-3-1-6-19(7-9)11-16-4-2-5-17-11/h2,4-5,9H,1,3,6-8H2,(H,18,20)/t9-/m1/s1. The lowest BCUT2D eigenvalue weighted by molar-refractivity contribution is -0.140. The van der Waals surface area contributed by atoms with Gasteiger partial charge in [-0.25, -0.2) is 9.97 Å². The first-order chi connectivity index (χ1) is 9.46. The summed E-state index contributed by atoms with van der Waals surface area (Å²) in [4.78, 5) is 21.7. The summed E-state index contributed by atoms with van der Waals surface area (Å²) < 4.78 is 36.2. The van der Waals surface area contributed by atoms with Crippen molar-refractivity contribution in [3.63, 3.8) is 0 Å². The second-order valence-corrected chi connectivity index (χ2v) is 4.67. The Morgan fingerprint density at radius 1 is 1.40 bits per heavy atom. The summed E-state index contributed by atoms with van der Waals surface area (Å²) in [6.45, 7) is -0.245. The van der Waals surface area contributed by atoms with E-state index in [1.54, 1.807) is 18.5 Å². The Morgan fingerprint density at radius 3 is 2.75 bits per heavy atom. The first-order valence-electron chi connectivity index (χ1n) is 6.32. The molecule has 1 aromatic rings. The van der Waals surface area contributed by atoms with Crippen LogP contribution in [0.3, 0.4) is 0 Å². The minimum absolute atomic E-state index is 0.341. The third kappa shape index (κ3) is 4.07. The van der Waals surface area contributed by atoms with Crippen molar-refractivity contribution in [2.45, 2.75) is 19.0 Å². The highest BCUT2D eigenvalue weighted by Crippen LogP contribution is 2.20. The lowest BCUT2D eigenvalue weighted by atomic mass is 9.97. The van der Waals surface area contributed by atoms with Gasteiger partial charge in [0, 0.05) is 25.5 Å². The number of carbonyl (C=O) groups excluding carboxylic acids is 1. The number of hydrogen-bond donors (Lipinski definition) is 1. The number of amides is 1. The lowest BCUT2D eigenvalue weighted by Crippen LogP contribution is -2.45. The van der Waals surface area contributed by atoms with Crippen LogP contribution in [0, 0.1) is 5.92 Å². The van der Waals surface area contributed by atoms with Crippen molar-refractivity contribution in [3.05, 3.63) is 18.5 Å². The molecule has 1 atom stereocenters. The third-order valence-corrected chi connectivity index (χ3v) is 3.09. The molecule has 1 fully saturated rings. The zero-order chi connectivity index (χ0) is 14.6. The Morgan fingerprint density at radius 2 is 2.10 bits per heavy atom. The summed E-state index contributed by atoms with van der Waals surface area (Å²) in [5, 5.41) is 1.93. The molecule has 1 aliphatic rings. The number of carbonyl (C=O) groups is 1. The largest absolute Gasteiger partial charge is 0.405 e. The molecule has 0 aromatic carbocycles. The third-order valence-electron chi connectivity index (χ3n) is 3.09. The second-order valence-electron chi connectivity index (χ2n) is 4.67. The predicted molar refractivity (Wildman–Crippen MR) is 66.0 cm³/mol. The average Bonchev–Trinajstić information content (AvgIpc) is 2.45. The molecular formula is C12H15F3N4O. The van der Waals surface area contributed by atoms with Crippen LogP contribution in [-0.2, 0) is 4.79 Å². The molecule has 0 radical (unpaired) electrons. The van der Waals surface area contributed by atoms with E-state index in [2.05, 4.69) is 9.97 Å². The van der Waals surface area contributed by atoms with Crippen molar-refractivity contribution in [2.24, 2.45) is 5.92 Å². The van der Waals surface area contributed by atoms with Gasteiger partial charge in [0.15, 0.2) is 0 Å². The molecule has 1 amide bonds. The number of halogens is 3. The Balaban J connectivity index is 1.92. The maximum absolute atomic E-state index is 12.1. The van der Waals surface area contributed by atoms with Crippen LogP contribution in [0.1, 0.15) is 12.8 Å². The van der Waals surface area contributed by atoms with Crippen LogP contribution in [0.4, 0.5) is 19.1 Å². The molecule has 1 saturated heterocycles. The number of nitrogens with one attached hydrogen (secondary N) is 1. The van der Waals surface area contributed by atoms with Crippen molar-refractivity contribution in [3.8, 4) is 0 Å². The van der Waals surface area contributed by atoms with Gasteiger partial charge in [-0.2, -0.15) is 13.2 Å². The zero-order valence-electron chi connectivity index (χ0n) is 10.7. The van der Waals surface area contributed by atoms with E-state index in [1.807, 2.05) is 10.2 Å². The summed E-state index contributed by atoms with van der Waals surface area (Å²) in [6, 6.07) is 1.68. The minimum Gasteiger partial charge on any atom is -0.347 e. The fourth-order valence-corrected chi connectivity index (χ4v) is 2.16. The number of alkyl halides is 3. The Kier molecular flexibility index (Phi) is 4.41. The van der Waals surface area contributed by atoms with Crippen molar-refractivity contribution in [1.82, 2.24) is 15.3 Å². The summed E-state index contributed by atoms with van der Waals surface area (Å²) in [5.74, 6) is -0.529. The fourth-order valence-electron chi connectivity index (χ4n) is 2.16. The van der Waals surface area contributed by atoms with Gasteiger partial charge in [-0.1, -0.05) is 0 Å². The highest BCUT2D eigenvalue weighted by Gasteiger charge is 2.31. The molecule has 110 valence electrons. The Hall–Kier alpha value is -1.86. The van der Waals surface area contributed by atoms with Crippen LogP contribution in [0.25, 0.3) is 0 Å². The number of anilines is 1. The molecule has 2 heterocycles. The highest BCUT2D eigenvalue weighted by molar-refractivity contribution is 5.79. The summed E-state index contributed by atoms with van der Waals surface area (Å²) in [5.41, 5.74) is 0. The molecule has 8 heteroatoms. The van der Waals surface area contributed by atoms with E-state index in [4.69, 9.17) is 0 Å². The van der Waals surface area contributed by atoms with Crippen LogP contribution < -0.4 is 10.2 Å². The molecular weight excluding hydrogens is 273 g/mol. The quantitative estimate of drug-likeness (QED) is 0.912. The van der Waals surface area contributed by atoms with E-state index in [0.717, 1.165) is 6.42 Å². The molecule has 0 saturated carbocycles. The average molecular weight is 288 g/mol. The van der Waals surface area contributed by atoms with Gasteiger partial charge in [0.05, 0.1) is 5.92 Å². The molecule has 0 bridgehead atoms.